The summed E-state index contributed by atoms with van der Waals surface area (Å²) in [5, 5.41) is 41.6. The lowest BCUT2D eigenvalue weighted by atomic mass is 9.96. The average Bonchev–Trinajstić information content (AvgIpc) is 3.50. The molecule has 1 aliphatic carbocycles. The molecule has 4 amide bonds. The molecule has 1 saturated heterocycles. The number of tetrazole rings is 1. The maximum Gasteiger partial charge on any atom is 0.352 e. The molecule has 0 spiro atoms. The molecule has 2 fully saturated rings. The Morgan fingerprint density at radius 3 is 2.57 bits per heavy atom. The molecule has 258 valence electrons. The van der Waals surface area contributed by atoms with Crippen LogP contribution >= 0.6 is 23.5 Å². The fraction of sp³-hybridized carbons (Fsp3) is 0.414. The van der Waals surface area contributed by atoms with Gasteiger partial charge in [-0.1, -0.05) is 43.2 Å². The molecule has 18 nitrogen and oxygen atoms in total. The number of β-lactam (4-membered cyclic amide) rings is 1. The van der Waals surface area contributed by atoms with Crippen molar-refractivity contribution in [2.45, 2.75) is 60.8 Å². The molecular formula is C29H33N11O7S2. The Labute approximate surface area is 286 Å². The van der Waals surface area contributed by atoms with Crippen molar-refractivity contribution in [2.24, 2.45) is 7.05 Å². The molecule has 49 heavy (non-hydrogen) atoms. The molecule has 2 aromatic heterocycles. The van der Waals surface area contributed by atoms with Gasteiger partial charge in [0.2, 0.25) is 17.0 Å². The predicted molar refractivity (Wildman–Crippen MR) is 178 cm³/mol. The van der Waals surface area contributed by atoms with Gasteiger partial charge in [-0.15, -0.1) is 16.9 Å². The molecule has 6 rings (SSSR count). The van der Waals surface area contributed by atoms with Gasteiger partial charge in [0.1, 0.15) is 34.6 Å². The summed E-state index contributed by atoms with van der Waals surface area (Å²) >= 11 is 2.52. The second-order valence-electron chi connectivity index (χ2n) is 11.6. The van der Waals surface area contributed by atoms with E-state index in [1.165, 1.54) is 65.1 Å². The van der Waals surface area contributed by atoms with Gasteiger partial charge in [-0.25, -0.2) is 19.3 Å². The van der Waals surface area contributed by atoms with E-state index in [1.54, 1.807) is 7.05 Å². The fourth-order valence-corrected chi connectivity index (χ4v) is 8.12. The molecule has 1 aromatic carbocycles. The van der Waals surface area contributed by atoms with Gasteiger partial charge in [0.05, 0.1) is 6.20 Å². The standard InChI is InChI=1S/C29H33N11O7S2/c1-39-29(36-37-38-39)49-13-15-12-48-25-20(24(44)40(25)21(15)26(45)46)33-23(43)19(14-7-9-17(41)10-8-14)34-28(47)32-18-11-30-27(35-22(18)42)31-16-5-3-2-4-6-16/h7-11,16,19-20,25,41H,2-6,12-13H2,1H3,(H,33,43)(H,45,46)(H2,32,34,47)(H2,30,31,35,42)/t19-,20?,25-/m1/s1. The van der Waals surface area contributed by atoms with Crippen LogP contribution in [0.4, 0.5) is 16.4 Å². The number of hydrogen-bond acceptors (Lipinski definition) is 13. The Balaban J connectivity index is 1.13. The molecular weight excluding hydrogens is 679 g/mol. The number of H-pyrrole nitrogens is 1. The number of nitrogens with zero attached hydrogens (tertiary/aromatic N) is 6. The maximum atomic E-state index is 13.6. The highest BCUT2D eigenvalue weighted by Crippen LogP contribution is 2.41. The Kier molecular flexibility index (Phi) is 10.0. The van der Waals surface area contributed by atoms with Gasteiger partial charge in [-0.3, -0.25) is 24.3 Å². The smallest absolute Gasteiger partial charge is 0.352 e. The van der Waals surface area contributed by atoms with Crippen LogP contribution in [0.2, 0.25) is 0 Å². The van der Waals surface area contributed by atoms with Crippen molar-refractivity contribution in [2.75, 3.05) is 22.1 Å². The highest BCUT2D eigenvalue weighted by Gasteiger charge is 2.54. The van der Waals surface area contributed by atoms with Crippen molar-refractivity contribution in [3.63, 3.8) is 0 Å². The molecule has 3 aliphatic rings. The van der Waals surface area contributed by atoms with E-state index in [9.17, 15) is 34.2 Å². The van der Waals surface area contributed by atoms with E-state index < -0.39 is 46.8 Å². The third-order valence-electron chi connectivity index (χ3n) is 8.26. The predicted octanol–water partition coefficient (Wildman–Crippen LogP) is 1.14. The number of thioether (sulfide) groups is 2. The van der Waals surface area contributed by atoms with E-state index in [1.807, 2.05) is 0 Å². The van der Waals surface area contributed by atoms with Gasteiger partial charge in [-0.05, 0) is 46.5 Å². The maximum absolute atomic E-state index is 13.6. The Morgan fingerprint density at radius 1 is 1.14 bits per heavy atom. The first-order chi connectivity index (χ1) is 23.6. The first-order valence-electron chi connectivity index (χ1n) is 15.4. The zero-order chi connectivity index (χ0) is 34.7. The summed E-state index contributed by atoms with van der Waals surface area (Å²) < 4.78 is 1.45. The summed E-state index contributed by atoms with van der Waals surface area (Å²) in [6.45, 7) is 0. The summed E-state index contributed by atoms with van der Waals surface area (Å²) in [4.78, 5) is 73.0. The lowest BCUT2D eigenvalue weighted by Crippen LogP contribution is -2.71. The number of urea groups is 1. The van der Waals surface area contributed by atoms with E-state index in [2.05, 4.69) is 46.8 Å². The van der Waals surface area contributed by atoms with Crippen LogP contribution in [0.3, 0.4) is 0 Å². The van der Waals surface area contributed by atoms with E-state index >= 15 is 0 Å². The third-order valence-corrected chi connectivity index (χ3v) is 10.7. The quantitative estimate of drug-likeness (QED) is 0.109. The third kappa shape index (κ3) is 7.48. The lowest BCUT2D eigenvalue weighted by molar-refractivity contribution is -0.150. The number of fused-ring (bicyclic) bond motifs is 1. The van der Waals surface area contributed by atoms with Crippen LogP contribution in [0.25, 0.3) is 0 Å². The number of carbonyl (C=O) groups is 4. The number of phenols is 1. The van der Waals surface area contributed by atoms with Crippen molar-refractivity contribution in [1.82, 2.24) is 45.7 Å². The van der Waals surface area contributed by atoms with Crippen LogP contribution in [0, 0.1) is 0 Å². The molecule has 1 unspecified atom stereocenters. The van der Waals surface area contributed by atoms with E-state index in [-0.39, 0.29) is 40.2 Å². The highest BCUT2D eigenvalue weighted by atomic mass is 32.2. The van der Waals surface area contributed by atoms with E-state index in [0.29, 0.717) is 16.7 Å². The van der Waals surface area contributed by atoms with Gasteiger partial charge in [0.15, 0.2) is 0 Å². The average molecular weight is 712 g/mol. The van der Waals surface area contributed by atoms with Gasteiger partial charge in [-0.2, -0.15) is 0 Å². The number of aryl methyl sites for hydroxylation is 1. The monoisotopic (exact) mass is 711 g/mol. The number of aromatic hydroxyl groups is 1. The number of carboxylic acids is 1. The number of anilines is 2. The Morgan fingerprint density at radius 2 is 1.90 bits per heavy atom. The topological polar surface area (TPSA) is 249 Å². The summed E-state index contributed by atoms with van der Waals surface area (Å²) in [5.74, 6) is -1.95. The SMILES string of the molecule is Cn1nnnc1SCC1=C(C(=O)O)N2C(=O)C(NC(=O)[C@H](NC(=O)Nc3cnc(NC4CCCCC4)[nH]c3=O)c3ccc(O)cc3)[C@H]2SC1. The fourth-order valence-electron chi connectivity index (χ4n) is 5.78. The highest BCUT2D eigenvalue weighted by molar-refractivity contribution is 8.01. The minimum absolute atomic E-state index is 0.0762. The van der Waals surface area contributed by atoms with Gasteiger partial charge in [0, 0.05) is 24.6 Å². The number of carbonyl (C=O) groups excluding carboxylic acids is 3. The summed E-state index contributed by atoms with van der Waals surface area (Å²) in [5.41, 5.74) is -0.141. The van der Waals surface area contributed by atoms with Crippen LogP contribution in [0.1, 0.15) is 43.7 Å². The summed E-state index contributed by atoms with van der Waals surface area (Å²) in [7, 11) is 1.65. The molecule has 20 heteroatoms. The van der Waals surface area contributed by atoms with Gasteiger partial charge in [0.25, 0.3) is 11.5 Å². The molecule has 1 saturated carbocycles. The molecule has 2 aliphatic heterocycles. The number of phenolic OH excluding ortho intramolecular Hbond substituents is 1. The Bertz CT molecular complexity index is 1840. The molecule has 0 radical (unpaired) electrons. The second kappa shape index (κ2) is 14.6. The van der Waals surface area contributed by atoms with Crippen molar-refractivity contribution in [3.05, 3.63) is 57.6 Å². The van der Waals surface area contributed by atoms with Crippen LogP contribution in [-0.4, -0.2) is 98.1 Å². The molecule has 0 bridgehead atoms. The molecule has 3 aromatic rings. The summed E-state index contributed by atoms with van der Waals surface area (Å²) in [6, 6.07) is 2.36. The van der Waals surface area contributed by atoms with Crippen molar-refractivity contribution >= 4 is 59.0 Å². The Hall–Kier alpha value is -5.11. The molecule has 3 atom stereocenters. The normalized spacial score (nSPS) is 19.8. The van der Waals surface area contributed by atoms with Crippen LogP contribution < -0.4 is 26.8 Å². The summed E-state index contributed by atoms with van der Waals surface area (Å²) in [6.07, 6.45) is 6.51. The van der Waals surface area contributed by atoms with Crippen LogP contribution in [-0.2, 0) is 21.4 Å². The van der Waals surface area contributed by atoms with E-state index in [0.717, 1.165) is 30.6 Å². The lowest BCUT2D eigenvalue weighted by Gasteiger charge is -2.49. The molecule has 4 heterocycles. The van der Waals surface area contributed by atoms with Crippen LogP contribution in [0.15, 0.2) is 51.7 Å². The van der Waals surface area contributed by atoms with Crippen molar-refractivity contribution < 1.29 is 29.4 Å². The van der Waals surface area contributed by atoms with E-state index in [4.69, 9.17) is 0 Å². The number of amides is 4. The zero-order valence-electron chi connectivity index (χ0n) is 26.1. The zero-order valence-corrected chi connectivity index (χ0v) is 27.7. The number of benzene rings is 1. The van der Waals surface area contributed by atoms with Gasteiger partial charge < -0.3 is 31.5 Å². The number of carboxylic acid groups (broad SMARTS) is 1. The van der Waals surface area contributed by atoms with Gasteiger partial charge >= 0.3 is 12.0 Å². The number of aromatic nitrogens is 6. The van der Waals surface area contributed by atoms with Crippen molar-refractivity contribution in [3.8, 4) is 5.75 Å². The number of hydrogen-bond donors (Lipinski definition) is 7. The largest absolute Gasteiger partial charge is 0.508 e. The molecule has 7 N–H and O–H groups in total. The second-order valence-corrected chi connectivity index (χ2v) is 13.7. The first-order valence-corrected chi connectivity index (χ1v) is 17.4. The number of aromatic amines is 1. The number of nitrogens with one attached hydrogen (secondary N) is 5. The number of aliphatic carboxylic acids is 1. The minimum atomic E-state index is -1.36. The van der Waals surface area contributed by atoms with Crippen molar-refractivity contribution in [1.29, 1.82) is 0 Å². The minimum Gasteiger partial charge on any atom is -0.508 e. The van der Waals surface area contributed by atoms with Crippen LogP contribution in [0.5, 0.6) is 5.75 Å². The first kappa shape index (κ1) is 33.8. The number of rotatable bonds is 11.